The number of hydrogen-bond acceptors (Lipinski definition) is 2. The third-order valence-electron chi connectivity index (χ3n) is 10.8. The van der Waals surface area contributed by atoms with Gasteiger partial charge in [0, 0.05) is 44.2 Å². The zero-order valence-electron chi connectivity index (χ0n) is 28.8. The molecule has 0 N–H and O–H groups in total. The molecule has 3 nitrogen and oxygen atoms in total. The summed E-state index contributed by atoms with van der Waals surface area (Å²) in [4.78, 5) is 5.07. The molecule has 3 aromatic heterocycles. The quantitative estimate of drug-likeness (QED) is 0.182. The van der Waals surface area contributed by atoms with E-state index in [2.05, 4.69) is 181 Å². The summed E-state index contributed by atoms with van der Waals surface area (Å²) in [7, 11) is 0. The van der Waals surface area contributed by atoms with Gasteiger partial charge in [0.15, 0.2) is 0 Å². The summed E-state index contributed by atoms with van der Waals surface area (Å²) < 4.78 is 9.11. The fourth-order valence-electron chi connectivity index (χ4n) is 8.31. The molecule has 0 bridgehead atoms. The highest BCUT2D eigenvalue weighted by Gasteiger charge is 2.19. The minimum atomic E-state index is 0.862. The first kappa shape index (κ1) is 29.7. The van der Waals surface area contributed by atoms with Crippen LogP contribution in [0, 0.1) is 0 Å². The van der Waals surface area contributed by atoms with Crippen LogP contribution in [0.1, 0.15) is 12.0 Å². The fraction of sp³-hybridized carbons (Fsp3) is 0.0200. The number of fused-ring (bicyclic) bond motifs is 7. The Morgan fingerprint density at radius 2 is 1.23 bits per heavy atom. The lowest BCUT2D eigenvalue weighted by Crippen LogP contribution is -1.94. The number of allylic oxidation sites excluding steroid dienone is 4. The summed E-state index contributed by atoms with van der Waals surface area (Å²) in [5.41, 5.74) is 15.5. The van der Waals surface area contributed by atoms with Crippen molar-refractivity contribution in [2.24, 2.45) is 0 Å². The fourth-order valence-corrected chi connectivity index (χ4v) is 8.31. The van der Waals surface area contributed by atoms with Crippen molar-refractivity contribution in [3.63, 3.8) is 0 Å². The van der Waals surface area contributed by atoms with Gasteiger partial charge in [0.25, 0.3) is 0 Å². The van der Waals surface area contributed by atoms with E-state index in [1.807, 2.05) is 6.07 Å². The molecule has 10 aromatic rings. The number of benzene rings is 7. The lowest BCUT2D eigenvalue weighted by Gasteiger charge is -2.12. The second-order valence-electron chi connectivity index (χ2n) is 13.9. The third-order valence-corrected chi connectivity index (χ3v) is 10.8. The summed E-state index contributed by atoms with van der Waals surface area (Å²) in [6.07, 6.45) is 7.58. The van der Waals surface area contributed by atoms with Gasteiger partial charge < -0.3 is 8.98 Å². The monoisotopic (exact) mass is 676 g/mol. The number of furan rings is 1. The molecule has 0 atom stereocenters. The molecule has 0 unspecified atom stereocenters. The molecule has 0 aliphatic heterocycles. The van der Waals surface area contributed by atoms with Gasteiger partial charge in [-0.2, -0.15) is 0 Å². The Hall–Kier alpha value is -6.97. The van der Waals surface area contributed by atoms with Gasteiger partial charge >= 0.3 is 0 Å². The molecule has 3 heteroatoms. The first-order chi connectivity index (χ1) is 26.3. The molecule has 1 aliphatic carbocycles. The van der Waals surface area contributed by atoms with Gasteiger partial charge in [0.05, 0.1) is 22.2 Å². The topological polar surface area (TPSA) is 31.0 Å². The Morgan fingerprint density at radius 3 is 2.02 bits per heavy atom. The van der Waals surface area contributed by atoms with E-state index in [0.717, 1.165) is 67.3 Å². The average Bonchev–Trinajstić information content (AvgIpc) is 3.97. The van der Waals surface area contributed by atoms with Crippen molar-refractivity contribution in [1.29, 1.82) is 0 Å². The maximum Gasteiger partial charge on any atom is 0.137 e. The van der Waals surface area contributed by atoms with Gasteiger partial charge in [-0.3, -0.25) is 0 Å². The number of aromatic nitrogens is 2. The zero-order valence-corrected chi connectivity index (χ0v) is 28.8. The Balaban J connectivity index is 1.12. The first-order valence-electron chi connectivity index (χ1n) is 18.2. The van der Waals surface area contributed by atoms with E-state index in [1.54, 1.807) is 0 Å². The van der Waals surface area contributed by atoms with E-state index in [0.29, 0.717) is 0 Å². The molecular weight excluding hydrogens is 645 g/mol. The van der Waals surface area contributed by atoms with Gasteiger partial charge in [-0.25, -0.2) is 4.98 Å². The molecule has 1 aliphatic rings. The highest BCUT2D eigenvalue weighted by Crippen LogP contribution is 2.42. The average molecular weight is 677 g/mol. The molecule has 248 valence electrons. The van der Waals surface area contributed by atoms with Crippen molar-refractivity contribution < 1.29 is 4.42 Å². The molecule has 0 fully saturated rings. The van der Waals surface area contributed by atoms with Crippen LogP contribution >= 0.6 is 0 Å². The van der Waals surface area contributed by atoms with Crippen LogP contribution in [0.15, 0.2) is 186 Å². The molecular formula is C50H32N2O. The van der Waals surface area contributed by atoms with Crippen LogP contribution in [0.5, 0.6) is 0 Å². The van der Waals surface area contributed by atoms with Gasteiger partial charge in [-0.05, 0) is 94.4 Å². The Labute approximate surface area is 306 Å². The van der Waals surface area contributed by atoms with E-state index in [4.69, 9.17) is 9.40 Å². The van der Waals surface area contributed by atoms with Crippen LogP contribution in [-0.4, -0.2) is 9.55 Å². The summed E-state index contributed by atoms with van der Waals surface area (Å²) in [6, 6.07) is 58.6. The molecule has 0 saturated heterocycles. The molecule has 0 radical (unpaired) electrons. The molecule has 11 rings (SSSR count). The van der Waals surface area contributed by atoms with E-state index in [-0.39, 0.29) is 0 Å². The normalized spacial score (nSPS) is 12.9. The molecule has 53 heavy (non-hydrogen) atoms. The van der Waals surface area contributed by atoms with Crippen LogP contribution in [0.25, 0.3) is 99.4 Å². The number of para-hydroxylation sites is 1. The third kappa shape index (κ3) is 4.78. The van der Waals surface area contributed by atoms with Crippen LogP contribution in [0.2, 0.25) is 0 Å². The van der Waals surface area contributed by atoms with Crippen molar-refractivity contribution in [2.75, 3.05) is 0 Å². The predicted octanol–water partition coefficient (Wildman–Crippen LogP) is 13.6. The summed E-state index contributed by atoms with van der Waals surface area (Å²) in [5.74, 6) is 0. The summed E-state index contributed by atoms with van der Waals surface area (Å²) >= 11 is 0. The van der Waals surface area contributed by atoms with Crippen LogP contribution in [0.4, 0.5) is 0 Å². The summed E-state index contributed by atoms with van der Waals surface area (Å²) in [5, 5.41) is 5.81. The van der Waals surface area contributed by atoms with Gasteiger partial charge in [0.1, 0.15) is 11.2 Å². The van der Waals surface area contributed by atoms with Gasteiger partial charge in [-0.1, -0.05) is 121 Å². The van der Waals surface area contributed by atoms with Crippen molar-refractivity contribution in [3.05, 3.63) is 188 Å². The van der Waals surface area contributed by atoms with E-state index < -0.39 is 0 Å². The minimum absolute atomic E-state index is 0.862. The zero-order chi connectivity index (χ0) is 34.9. The Bertz CT molecular complexity index is 3130. The van der Waals surface area contributed by atoms with Crippen LogP contribution in [0.3, 0.4) is 0 Å². The molecule has 0 saturated carbocycles. The van der Waals surface area contributed by atoms with Crippen molar-refractivity contribution in [2.45, 2.75) is 6.42 Å². The minimum Gasteiger partial charge on any atom is -0.456 e. The highest BCUT2D eigenvalue weighted by molar-refractivity contribution is 6.16. The van der Waals surface area contributed by atoms with Crippen molar-refractivity contribution in [1.82, 2.24) is 9.55 Å². The molecule has 7 aromatic carbocycles. The smallest absolute Gasteiger partial charge is 0.137 e. The maximum atomic E-state index is 6.72. The lowest BCUT2D eigenvalue weighted by molar-refractivity contribution is 0.668. The molecule has 0 spiro atoms. The number of rotatable bonds is 5. The molecule has 0 amide bonds. The van der Waals surface area contributed by atoms with E-state index >= 15 is 0 Å². The standard InChI is InChI=1S/C50H32N2O/c1-3-12-32(13-4-1)35-22-26-46-42(28-35)43-29-36(33-14-7-8-15-33)23-27-47(43)52(46)37-24-25-40-49(30-37)53-48-21-11-19-39(50(40)48)41-31-45(34-16-5-2-6-17-34)51-44-20-10-9-18-38(41)44/h1-14,16-31H,15H2. The Morgan fingerprint density at radius 1 is 0.491 bits per heavy atom. The van der Waals surface area contributed by atoms with Crippen molar-refractivity contribution in [3.8, 4) is 39.2 Å². The van der Waals surface area contributed by atoms with Gasteiger partial charge in [-0.15, -0.1) is 0 Å². The van der Waals surface area contributed by atoms with Crippen LogP contribution < -0.4 is 0 Å². The van der Waals surface area contributed by atoms with E-state index in [9.17, 15) is 0 Å². The second kappa shape index (κ2) is 11.8. The summed E-state index contributed by atoms with van der Waals surface area (Å²) in [6.45, 7) is 0. The van der Waals surface area contributed by atoms with Gasteiger partial charge in [0.2, 0.25) is 0 Å². The maximum absolute atomic E-state index is 6.72. The number of nitrogens with zero attached hydrogens (tertiary/aromatic N) is 2. The second-order valence-corrected chi connectivity index (χ2v) is 13.9. The predicted molar refractivity (Wildman–Crippen MR) is 221 cm³/mol. The van der Waals surface area contributed by atoms with Crippen LogP contribution in [-0.2, 0) is 0 Å². The Kier molecular flexibility index (Phi) is 6.62. The lowest BCUT2D eigenvalue weighted by atomic mass is 9.94. The first-order valence-corrected chi connectivity index (χ1v) is 18.2. The number of hydrogen-bond donors (Lipinski definition) is 0. The van der Waals surface area contributed by atoms with Crippen molar-refractivity contribution >= 4 is 60.2 Å². The highest BCUT2D eigenvalue weighted by atomic mass is 16.3. The number of pyridine rings is 1. The SMILES string of the molecule is C1=CCC(c2ccc3c(c2)c2cc(-c4ccccc4)ccc2n3-c2ccc3c(c2)oc2cccc(-c4cc(-c5ccccc5)nc5ccccc45)c23)=C1. The largest absolute Gasteiger partial charge is 0.456 e. The molecule has 3 heterocycles. The van der Waals surface area contributed by atoms with E-state index in [1.165, 1.54) is 44.1 Å².